The minimum atomic E-state index is 0.359. The van der Waals surface area contributed by atoms with Gasteiger partial charge in [-0.15, -0.1) is 0 Å². The molecule has 0 spiro atoms. The minimum Gasteiger partial charge on any atom is -0.375 e. The topological polar surface area (TPSA) is 49.4 Å². The number of rotatable bonds is 3. The maximum atomic E-state index is 5.43. The van der Waals surface area contributed by atoms with Crippen molar-refractivity contribution in [2.75, 3.05) is 26.2 Å². The smallest absolute Gasteiger partial charge is 0.0717 e. The first-order valence-electron chi connectivity index (χ1n) is 3.88. The summed E-state index contributed by atoms with van der Waals surface area (Å²) in [6.45, 7) is 3.31. The highest BCUT2D eigenvalue weighted by Crippen LogP contribution is 2.03. The van der Waals surface area contributed by atoms with E-state index in [9.17, 15) is 0 Å². The Morgan fingerprint density at radius 3 is 3.10 bits per heavy atom. The summed E-state index contributed by atoms with van der Waals surface area (Å²) in [4.78, 5) is 0. The Morgan fingerprint density at radius 1 is 1.60 bits per heavy atom. The van der Waals surface area contributed by atoms with Crippen molar-refractivity contribution in [2.45, 2.75) is 18.9 Å². The van der Waals surface area contributed by atoms with Gasteiger partial charge in [0.25, 0.3) is 0 Å². The summed E-state index contributed by atoms with van der Waals surface area (Å²) in [7, 11) is 0. The highest BCUT2D eigenvalue weighted by molar-refractivity contribution is 4.66. The molecule has 0 aromatic rings. The highest BCUT2D eigenvalue weighted by Gasteiger charge is 2.12. The summed E-state index contributed by atoms with van der Waals surface area (Å²) in [5.74, 6) is 0. The predicted molar refractivity (Wildman–Crippen MR) is 39.9 cm³/mol. The van der Waals surface area contributed by atoms with Crippen molar-refractivity contribution in [1.29, 1.82) is 0 Å². The predicted octanol–water partition coefficient (Wildman–Crippen LogP) is -0.271. The van der Waals surface area contributed by atoms with Crippen molar-refractivity contribution in [1.82, 2.24) is 5.32 Å². The van der Waals surface area contributed by atoms with Crippen molar-refractivity contribution < 1.29 is 4.74 Å². The fraction of sp³-hybridized carbons (Fsp3) is 1.00. The van der Waals surface area contributed by atoms with Crippen LogP contribution in [0.4, 0.5) is 0 Å². The molecule has 3 nitrogen and oxygen atoms in total. The van der Waals surface area contributed by atoms with Crippen LogP contribution in [0.2, 0.25) is 0 Å². The van der Waals surface area contributed by atoms with Crippen LogP contribution in [0.3, 0.4) is 0 Å². The van der Waals surface area contributed by atoms with Crippen LogP contribution in [0.1, 0.15) is 12.8 Å². The Labute approximate surface area is 61.9 Å². The van der Waals surface area contributed by atoms with Crippen molar-refractivity contribution in [3.8, 4) is 0 Å². The van der Waals surface area contributed by atoms with Gasteiger partial charge in [-0.1, -0.05) is 0 Å². The molecule has 0 aromatic carbocycles. The highest BCUT2D eigenvalue weighted by atomic mass is 16.5. The zero-order valence-electron chi connectivity index (χ0n) is 6.25. The lowest BCUT2D eigenvalue weighted by molar-refractivity contribution is 0.0213. The summed E-state index contributed by atoms with van der Waals surface area (Å²) < 4.78 is 5.43. The Balaban J connectivity index is 2.02. The van der Waals surface area contributed by atoms with Crippen LogP contribution in [0.25, 0.3) is 0 Å². The third-order valence-corrected chi connectivity index (χ3v) is 1.67. The molecule has 0 saturated carbocycles. The number of nitrogens with zero attached hydrogens (tertiary/aromatic N) is 1. The van der Waals surface area contributed by atoms with E-state index in [1.807, 2.05) is 0 Å². The average molecular weight is 143 g/mol. The molecule has 1 rings (SSSR count). The van der Waals surface area contributed by atoms with E-state index in [4.69, 9.17) is 10.5 Å². The fourth-order valence-corrected chi connectivity index (χ4v) is 1.09. The molecule has 0 bridgehead atoms. The van der Waals surface area contributed by atoms with Gasteiger partial charge in [-0.05, 0) is 19.4 Å². The lowest BCUT2D eigenvalue weighted by Gasteiger charge is -2.21. The molecule has 1 aliphatic heterocycles. The maximum absolute atomic E-state index is 5.43. The molecular weight excluding hydrogens is 128 g/mol. The van der Waals surface area contributed by atoms with Crippen molar-refractivity contribution >= 4 is 0 Å². The molecule has 0 aromatic heterocycles. The fourth-order valence-electron chi connectivity index (χ4n) is 1.09. The molecule has 0 amide bonds. The van der Waals surface area contributed by atoms with E-state index in [0.717, 1.165) is 39.1 Å². The quantitative estimate of drug-likeness (QED) is 0.591. The first-order chi connectivity index (χ1) is 4.93. The van der Waals surface area contributed by atoms with Crippen LogP contribution in [0.15, 0.2) is 0 Å². The van der Waals surface area contributed by atoms with E-state index in [1.165, 1.54) is 0 Å². The molecular formula is C7H15N2O. The van der Waals surface area contributed by atoms with Crippen molar-refractivity contribution in [3.63, 3.8) is 0 Å². The van der Waals surface area contributed by atoms with Gasteiger partial charge in [0.15, 0.2) is 0 Å². The van der Waals surface area contributed by atoms with Gasteiger partial charge in [-0.2, -0.15) is 0 Å². The van der Waals surface area contributed by atoms with E-state index < -0.39 is 0 Å². The van der Waals surface area contributed by atoms with Gasteiger partial charge in [0.05, 0.1) is 12.7 Å². The van der Waals surface area contributed by atoms with E-state index in [1.54, 1.807) is 0 Å². The summed E-state index contributed by atoms with van der Waals surface area (Å²) in [6, 6.07) is 0. The lowest BCUT2D eigenvalue weighted by atomic mass is 10.2. The number of morpholine rings is 1. The molecule has 2 N–H and O–H groups in total. The second-order valence-electron chi connectivity index (χ2n) is 2.55. The molecule has 1 unspecified atom stereocenters. The Kier molecular flexibility index (Phi) is 3.72. The summed E-state index contributed by atoms with van der Waals surface area (Å²) in [6.07, 6.45) is 2.48. The average Bonchev–Trinajstić information content (AvgIpc) is 2.03. The number of hydrogen-bond acceptors (Lipinski definition) is 2. The Morgan fingerprint density at radius 2 is 2.50 bits per heavy atom. The molecule has 1 fully saturated rings. The zero-order valence-corrected chi connectivity index (χ0v) is 6.25. The van der Waals surface area contributed by atoms with E-state index in [2.05, 4.69) is 5.32 Å². The second kappa shape index (κ2) is 4.66. The van der Waals surface area contributed by atoms with Crippen LogP contribution in [-0.2, 0) is 4.74 Å². The molecule has 0 aliphatic carbocycles. The second-order valence-corrected chi connectivity index (χ2v) is 2.55. The SMILES string of the molecule is NCCCC1C[N]CCO1. The number of nitrogens with two attached hydrogens (primary N) is 1. The van der Waals surface area contributed by atoms with Crippen molar-refractivity contribution in [2.24, 2.45) is 5.73 Å². The zero-order chi connectivity index (χ0) is 7.23. The molecule has 1 saturated heterocycles. The van der Waals surface area contributed by atoms with Gasteiger partial charge in [0.1, 0.15) is 0 Å². The molecule has 1 heterocycles. The number of ether oxygens (including phenoxy) is 1. The van der Waals surface area contributed by atoms with Crippen molar-refractivity contribution in [3.05, 3.63) is 0 Å². The van der Waals surface area contributed by atoms with E-state index in [-0.39, 0.29) is 0 Å². The minimum absolute atomic E-state index is 0.359. The lowest BCUT2D eigenvalue weighted by Crippen LogP contribution is -2.34. The van der Waals surface area contributed by atoms with Crippen LogP contribution in [0, 0.1) is 0 Å². The first kappa shape index (κ1) is 7.98. The van der Waals surface area contributed by atoms with Crippen LogP contribution in [-0.4, -0.2) is 32.3 Å². The Hall–Kier alpha value is -0.120. The van der Waals surface area contributed by atoms with Crippen LogP contribution >= 0.6 is 0 Å². The number of hydrogen-bond donors (Lipinski definition) is 1. The maximum Gasteiger partial charge on any atom is 0.0717 e. The molecule has 59 valence electrons. The van der Waals surface area contributed by atoms with Gasteiger partial charge in [-0.25, -0.2) is 5.32 Å². The van der Waals surface area contributed by atoms with Gasteiger partial charge in [-0.3, -0.25) is 0 Å². The summed E-state index contributed by atoms with van der Waals surface area (Å²) in [5.41, 5.74) is 5.36. The van der Waals surface area contributed by atoms with Gasteiger partial charge < -0.3 is 10.5 Å². The van der Waals surface area contributed by atoms with Crippen LogP contribution in [0.5, 0.6) is 0 Å². The van der Waals surface area contributed by atoms with Gasteiger partial charge >= 0.3 is 0 Å². The van der Waals surface area contributed by atoms with E-state index in [0.29, 0.717) is 6.10 Å². The standard InChI is InChI=1S/C7H15N2O/c8-3-1-2-7-6-9-4-5-10-7/h7H,1-6,8H2. The van der Waals surface area contributed by atoms with E-state index >= 15 is 0 Å². The Bertz CT molecular complexity index is 81.7. The summed E-state index contributed by atoms with van der Waals surface area (Å²) >= 11 is 0. The molecule has 1 atom stereocenters. The molecule has 10 heavy (non-hydrogen) atoms. The normalized spacial score (nSPS) is 26.7. The largest absolute Gasteiger partial charge is 0.375 e. The van der Waals surface area contributed by atoms with Gasteiger partial charge in [0, 0.05) is 13.1 Å². The molecule has 1 aliphatic rings. The monoisotopic (exact) mass is 143 g/mol. The first-order valence-corrected chi connectivity index (χ1v) is 3.88. The summed E-state index contributed by atoms with van der Waals surface area (Å²) in [5, 5.41) is 4.25. The molecule has 1 radical (unpaired) electrons. The molecule has 3 heteroatoms. The third kappa shape index (κ3) is 2.64. The van der Waals surface area contributed by atoms with Crippen LogP contribution < -0.4 is 11.1 Å². The van der Waals surface area contributed by atoms with Gasteiger partial charge in [0.2, 0.25) is 0 Å². The third-order valence-electron chi connectivity index (χ3n) is 1.67.